The number of furan rings is 1. The lowest BCUT2D eigenvalue weighted by atomic mass is 10.1. The average molecular weight is 251 g/mol. The van der Waals surface area contributed by atoms with Crippen LogP contribution in [-0.4, -0.2) is 49.1 Å². The Balaban J connectivity index is 1.99. The highest BCUT2D eigenvalue weighted by atomic mass is 16.3. The highest BCUT2D eigenvalue weighted by molar-refractivity contribution is 5.16. The van der Waals surface area contributed by atoms with Gasteiger partial charge < -0.3 is 9.73 Å². The molecule has 1 saturated heterocycles. The van der Waals surface area contributed by atoms with Crippen molar-refractivity contribution in [1.29, 1.82) is 0 Å². The SMILES string of the molecule is CNCc1ccoc1CN1CC(C)N(C)C(C)C1. The summed E-state index contributed by atoms with van der Waals surface area (Å²) in [4.78, 5) is 4.94. The van der Waals surface area contributed by atoms with Gasteiger partial charge in [-0.3, -0.25) is 9.80 Å². The highest BCUT2D eigenvalue weighted by Crippen LogP contribution is 2.18. The quantitative estimate of drug-likeness (QED) is 0.879. The molecule has 1 aliphatic heterocycles. The predicted octanol–water partition coefficient (Wildman–Crippen LogP) is 1.52. The largest absolute Gasteiger partial charge is 0.468 e. The van der Waals surface area contributed by atoms with E-state index in [9.17, 15) is 0 Å². The first kappa shape index (κ1) is 13.6. The van der Waals surface area contributed by atoms with Crippen molar-refractivity contribution in [3.63, 3.8) is 0 Å². The maximum atomic E-state index is 5.62. The Hall–Kier alpha value is -0.840. The van der Waals surface area contributed by atoms with Crippen molar-refractivity contribution < 1.29 is 4.42 Å². The van der Waals surface area contributed by atoms with E-state index in [0.29, 0.717) is 12.1 Å². The Kier molecular flexibility index (Phi) is 4.43. The van der Waals surface area contributed by atoms with Crippen LogP contribution in [0.5, 0.6) is 0 Å². The highest BCUT2D eigenvalue weighted by Gasteiger charge is 2.27. The van der Waals surface area contributed by atoms with Crippen LogP contribution in [0, 0.1) is 0 Å². The molecular formula is C14H25N3O. The van der Waals surface area contributed by atoms with E-state index in [-0.39, 0.29) is 0 Å². The summed E-state index contributed by atoms with van der Waals surface area (Å²) in [6.45, 7) is 8.61. The number of hydrogen-bond acceptors (Lipinski definition) is 4. The number of nitrogens with one attached hydrogen (secondary N) is 1. The standard InChI is InChI=1S/C14H25N3O/c1-11-8-17(9-12(2)16(11)4)10-14-13(7-15-3)5-6-18-14/h5-6,11-12,15H,7-10H2,1-4H3. The first-order chi connectivity index (χ1) is 8.61. The third-order valence-electron chi connectivity index (χ3n) is 4.01. The van der Waals surface area contributed by atoms with Crippen molar-refractivity contribution in [2.75, 3.05) is 27.2 Å². The van der Waals surface area contributed by atoms with Gasteiger partial charge in [-0.05, 0) is 34.0 Å². The number of rotatable bonds is 4. The molecule has 4 heteroatoms. The van der Waals surface area contributed by atoms with Gasteiger partial charge in [0.2, 0.25) is 0 Å². The summed E-state index contributed by atoms with van der Waals surface area (Å²) in [7, 11) is 4.18. The molecule has 0 aliphatic carbocycles. The molecule has 1 N–H and O–H groups in total. The second-order valence-corrected chi connectivity index (χ2v) is 5.46. The Morgan fingerprint density at radius 3 is 2.61 bits per heavy atom. The van der Waals surface area contributed by atoms with Crippen molar-refractivity contribution in [3.05, 3.63) is 23.7 Å². The van der Waals surface area contributed by atoms with E-state index in [1.807, 2.05) is 7.05 Å². The van der Waals surface area contributed by atoms with Gasteiger partial charge in [-0.2, -0.15) is 0 Å². The molecule has 2 unspecified atom stereocenters. The molecule has 2 atom stereocenters. The van der Waals surface area contributed by atoms with Gasteiger partial charge >= 0.3 is 0 Å². The van der Waals surface area contributed by atoms with Crippen LogP contribution in [0.1, 0.15) is 25.2 Å². The van der Waals surface area contributed by atoms with E-state index in [2.05, 4.69) is 42.1 Å². The molecule has 18 heavy (non-hydrogen) atoms. The number of likely N-dealkylation sites (N-methyl/N-ethyl adjacent to an activating group) is 1. The summed E-state index contributed by atoms with van der Waals surface area (Å²) in [5, 5.41) is 3.19. The number of hydrogen-bond donors (Lipinski definition) is 1. The molecule has 4 nitrogen and oxygen atoms in total. The summed E-state index contributed by atoms with van der Waals surface area (Å²) in [5.41, 5.74) is 1.27. The van der Waals surface area contributed by atoms with Crippen molar-refractivity contribution in [3.8, 4) is 0 Å². The van der Waals surface area contributed by atoms with E-state index in [0.717, 1.165) is 31.9 Å². The maximum absolute atomic E-state index is 5.62. The van der Waals surface area contributed by atoms with Crippen molar-refractivity contribution in [2.24, 2.45) is 0 Å². The van der Waals surface area contributed by atoms with Gasteiger partial charge in [0.1, 0.15) is 5.76 Å². The Morgan fingerprint density at radius 1 is 1.33 bits per heavy atom. The first-order valence-corrected chi connectivity index (χ1v) is 6.76. The fraction of sp³-hybridized carbons (Fsp3) is 0.714. The van der Waals surface area contributed by atoms with Gasteiger partial charge in [0.05, 0.1) is 12.8 Å². The minimum atomic E-state index is 0.608. The summed E-state index contributed by atoms with van der Waals surface area (Å²) >= 11 is 0. The van der Waals surface area contributed by atoms with Crippen molar-refractivity contribution in [1.82, 2.24) is 15.1 Å². The van der Waals surface area contributed by atoms with Gasteiger partial charge in [0.15, 0.2) is 0 Å². The molecule has 0 saturated carbocycles. The second-order valence-electron chi connectivity index (χ2n) is 5.46. The molecular weight excluding hydrogens is 226 g/mol. The third kappa shape index (κ3) is 2.94. The second kappa shape index (κ2) is 5.87. The monoisotopic (exact) mass is 251 g/mol. The lowest BCUT2D eigenvalue weighted by molar-refractivity contribution is 0.0516. The minimum Gasteiger partial charge on any atom is -0.468 e. The summed E-state index contributed by atoms with van der Waals surface area (Å²) < 4.78 is 5.62. The van der Waals surface area contributed by atoms with Crippen LogP contribution in [0.15, 0.2) is 16.7 Å². The van der Waals surface area contributed by atoms with Crippen molar-refractivity contribution >= 4 is 0 Å². The van der Waals surface area contributed by atoms with Gasteiger partial charge in [-0.15, -0.1) is 0 Å². The molecule has 1 fully saturated rings. The van der Waals surface area contributed by atoms with Crippen LogP contribution in [0.2, 0.25) is 0 Å². The van der Waals surface area contributed by atoms with Crippen LogP contribution in [0.4, 0.5) is 0 Å². The van der Waals surface area contributed by atoms with Crippen LogP contribution >= 0.6 is 0 Å². The summed E-state index contributed by atoms with van der Waals surface area (Å²) in [5.74, 6) is 1.10. The van der Waals surface area contributed by atoms with Gasteiger partial charge in [-0.1, -0.05) is 0 Å². The van der Waals surface area contributed by atoms with E-state index in [1.165, 1.54) is 5.56 Å². The lowest BCUT2D eigenvalue weighted by Gasteiger charge is -2.42. The Bertz CT molecular complexity index is 365. The first-order valence-electron chi connectivity index (χ1n) is 6.76. The Morgan fingerprint density at radius 2 is 2.00 bits per heavy atom. The zero-order chi connectivity index (χ0) is 13.1. The normalized spacial score (nSPS) is 26.7. The average Bonchev–Trinajstić information content (AvgIpc) is 2.74. The van der Waals surface area contributed by atoms with E-state index < -0.39 is 0 Å². The fourth-order valence-corrected chi connectivity index (χ4v) is 2.70. The summed E-state index contributed by atoms with van der Waals surface area (Å²) in [6.07, 6.45) is 1.80. The zero-order valence-electron chi connectivity index (χ0n) is 11.9. The molecule has 1 aromatic rings. The van der Waals surface area contributed by atoms with Crippen LogP contribution in [-0.2, 0) is 13.1 Å². The van der Waals surface area contributed by atoms with Gasteiger partial charge in [0, 0.05) is 37.3 Å². The minimum absolute atomic E-state index is 0.608. The van der Waals surface area contributed by atoms with Crippen LogP contribution in [0.3, 0.4) is 0 Å². The fourth-order valence-electron chi connectivity index (χ4n) is 2.70. The van der Waals surface area contributed by atoms with Gasteiger partial charge in [-0.25, -0.2) is 0 Å². The van der Waals surface area contributed by atoms with Crippen LogP contribution < -0.4 is 5.32 Å². The number of nitrogens with zero attached hydrogens (tertiary/aromatic N) is 2. The summed E-state index contributed by atoms with van der Waals surface area (Å²) in [6, 6.07) is 3.28. The van der Waals surface area contributed by atoms with Crippen molar-refractivity contribution in [2.45, 2.75) is 39.0 Å². The molecule has 0 bridgehead atoms. The van der Waals surface area contributed by atoms with Gasteiger partial charge in [0.25, 0.3) is 0 Å². The maximum Gasteiger partial charge on any atom is 0.122 e. The zero-order valence-corrected chi connectivity index (χ0v) is 11.9. The Labute approximate surface area is 110 Å². The van der Waals surface area contributed by atoms with Crippen LogP contribution in [0.25, 0.3) is 0 Å². The topological polar surface area (TPSA) is 31.7 Å². The molecule has 2 rings (SSSR count). The smallest absolute Gasteiger partial charge is 0.122 e. The molecule has 0 radical (unpaired) electrons. The lowest BCUT2D eigenvalue weighted by Crippen LogP contribution is -2.54. The molecule has 102 valence electrons. The third-order valence-corrected chi connectivity index (χ3v) is 4.01. The van der Waals surface area contributed by atoms with E-state index in [1.54, 1.807) is 6.26 Å². The molecule has 2 heterocycles. The predicted molar refractivity (Wildman–Crippen MR) is 73.4 cm³/mol. The molecule has 1 aliphatic rings. The molecule has 1 aromatic heterocycles. The molecule has 0 amide bonds. The molecule has 0 spiro atoms. The van der Waals surface area contributed by atoms with E-state index >= 15 is 0 Å². The number of piperazine rings is 1. The van der Waals surface area contributed by atoms with E-state index in [4.69, 9.17) is 4.42 Å². The molecule has 0 aromatic carbocycles.